The molecule has 0 spiro atoms. The minimum Gasteiger partial charge on any atom is -0.497 e. The number of rotatable bonds is 1. The maximum absolute atomic E-state index is 11.4. The minimum atomic E-state index is 0.153. The van der Waals surface area contributed by atoms with E-state index in [1.165, 1.54) is 16.7 Å². The summed E-state index contributed by atoms with van der Waals surface area (Å²) in [6, 6.07) is 6.21. The van der Waals surface area contributed by atoms with E-state index in [1.807, 2.05) is 6.07 Å². The van der Waals surface area contributed by atoms with Crippen molar-refractivity contribution in [3.05, 3.63) is 35.0 Å². The molecule has 3 nitrogen and oxygen atoms in total. The fourth-order valence-corrected chi connectivity index (χ4v) is 2.66. The van der Waals surface area contributed by atoms with E-state index in [0.29, 0.717) is 6.42 Å². The summed E-state index contributed by atoms with van der Waals surface area (Å²) in [4.78, 5) is 11.4. The van der Waals surface area contributed by atoms with Crippen molar-refractivity contribution in [3.8, 4) is 5.75 Å². The van der Waals surface area contributed by atoms with Gasteiger partial charge in [-0.05, 0) is 48.1 Å². The third kappa shape index (κ3) is 1.71. The number of ether oxygens (including phenoxy) is 1. The summed E-state index contributed by atoms with van der Waals surface area (Å²) < 4.78 is 5.25. The van der Waals surface area contributed by atoms with Crippen molar-refractivity contribution >= 4 is 11.5 Å². The zero-order valence-corrected chi connectivity index (χ0v) is 9.88. The van der Waals surface area contributed by atoms with Gasteiger partial charge in [0.1, 0.15) is 5.75 Å². The Hall–Kier alpha value is -1.77. The van der Waals surface area contributed by atoms with Crippen molar-refractivity contribution in [2.45, 2.75) is 25.7 Å². The molecule has 0 radical (unpaired) electrons. The van der Waals surface area contributed by atoms with E-state index in [4.69, 9.17) is 4.74 Å². The molecule has 1 N–H and O–H groups in total. The topological polar surface area (TPSA) is 38.3 Å². The van der Waals surface area contributed by atoms with Gasteiger partial charge in [-0.3, -0.25) is 4.79 Å². The van der Waals surface area contributed by atoms with Crippen molar-refractivity contribution in [3.63, 3.8) is 0 Å². The largest absolute Gasteiger partial charge is 0.497 e. The second-order valence-corrected chi connectivity index (χ2v) is 4.53. The Morgan fingerprint density at radius 2 is 2.06 bits per heavy atom. The van der Waals surface area contributed by atoms with Crippen LogP contribution in [0.2, 0.25) is 0 Å². The number of methoxy groups -OCH3 is 1. The van der Waals surface area contributed by atoms with Crippen LogP contribution < -0.4 is 10.1 Å². The van der Waals surface area contributed by atoms with Crippen LogP contribution in [-0.2, 0) is 11.2 Å². The van der Waals surface area contributed by atoms with Gasteiger partial charge in [0.2, 0.25) is 5.91 Å². The number of carbonyl (C=O) groups excluding carboxylic acids is 1. The Balaban J connectivity index is 2.06. The molecule has 2 aliphatic rings. The molecule has 1 heterocycles. The molecule has 0 bridgehead atoms. The average molecular weight is 229 g/mol. The lowest BCUT2D eigenvalue weighted by Gasteiger charge is -2.27. The first kappa shape index (κ1) is 10.4. The SMILES string of the molecule is COc1ccc2c(c1)CCC1=C2CCC(=O)N1. The third-order valence-electron chi connectivity index (χ3n) is 3.54. The smallest absolute Gasteiger partial charge is 0.224 e. The summed E-state index contributed by atoms with van der Waals surface area (Å²) in [7, 11) is 1.69. The molecule has 0 saturated heterocycles. The Labute approximate surface area is 100 Å². The van der Waals surface area contributed by atoms with Gasteiger partial charge in [-0.25, -0.2) is 0 Å². The highest BCUT2D eigenvalue weighted by Gasteiger charge is 2.24. The van der Waals surface area contributed by atoms with Gasteiger partial charge < -0.3 is 10.1 Å². The molecule has 88 valence electrons. The highest BCUT2D eigenvalue weighted by Crippen LogP contribution is 2.36. The molecule has 1 aliphatic heterocycles. The monoisotopic (exact) mass is 229 g/mol. The highest BCUT2D eigenvalue weighted by molar-refractivity contribution is 5.87. The number of hydrogen-bond acceptors (Lipinski definition) is 2. The van der Waals surface area contributed by atoms with Crippen LogP contribution in [0.3, 0.4) is 0 Å². The fourth-order valence-electron chi connectivity index (χ4n) is 2.66. The summed E-state index contributed by atoms with van der Waals surface area (Å²) >= 11 is 0. The summed E-state index contributed by atoms with van der Waals surface area (Å²) in [6.45, 7) is 0. The number of fused-ring (bicyclic) bond motifs is 2. The van der Waals surface area contributed by atoms with Crippen LogP contribution in [0.4, 0.5) is 0 Å². The first-order valence-corrected chi connectivity index (χ1v) is 5.97. The van der Waals surface area contributed by atoms with E-state index in [2.05, 4.69) is 17.4 Å². The maximum atomic E-state index is 11.4. The van der Waals surface area contributed by atoms with E-state index in [0.717, 1.165) is 30.7 Å². The van der Waals surface area contributed by atoms with E-state index >= 15 is 0 Å². The number of carbonyl (C=O) groups is 1. The predicted octanol–water partition coefficient (Wildman–Crippen LogP) is 2.26. The minimum absolute atomic E-state index is 0.153. The van der Waals surface area contributed by atoms with Crippen LogP contribution in [0.15, 0.2) is 23.9 Å². The number of allylic oxidation sites excluding steroid dienone is 2. The lowest BCUT2D eigenvalue weighted by atomic mass is 9.84. The zero-order chi connectivity index (χ0) is 11.8. The van der Waals surface area contributed by atoms with Gasteiger partial charge >= 0.3 is 0 Å². The van der Waals surface area contributed by atoms with Gasteiger partial charge in [-0.2, -0.15) is 0 Å². The quantitative estimate of drug-likeness (QED) is 0.802. The van der Waals surface area contributed by atoms with E-state index in [-0.39, 0.29) is 5.91 Å². The van der Waals surface area contributed by atoms with Crippen LogP contribution in [0, 0.1) is 0 Å². The Morgan fingerprint density at radius 3 is 2.88 bits per heavy atom. The normalized spacial score (nSPS) is 18.3. The van der Waals surface area contributed by atoms with Crippen molar-refractivity contribution in [2.75, 3.05) is 7.11 Å². The number of benzene rings is 1. The molecule has 1 amide bonds. The molecule has 0 atom stereocenters. The lowest BCUT2D eigenvalue weighted by Crippen LogP contribution is -2.29. The van der Waals surface area contributed by atoms with Crippen LogP contribution in [0.5, 0.6) is 5.75 Å². The molecule has 17 heavy (non-hydrogen) atoms. The first-order chi connectivity index (χ1) is 8.28. The Bertz CT molecular complexity index is 517. The molecule has 0 saturated carbocycles. The molecule has 1 aliphatic carbocycles. The second-order valence-electron chi connectivity index (χ2n) is 4.53. The zero-order valence-electron chi connectivity index (χ0n) is 9.88. The number of amides is 1. The van der Waals surface area contributed by atoms with Crippen LogP contribution in [0.1, 0.15) is 30.4 Å². The molecular weight excluding hydrogens is 214 g/mol. The van der Waals surface area contributed by atoms with Crippen LogP contribution in [-0.4, -0.2) is 13.0 Å². The fraction of sp³-hybridized carbons (Fsp3) is 0.357. The lowest BCUT2D eigenvalue weighted by molar-refractivity contribution is -0.120. The van der Waals surface area contributed by atoms with Crippen molar-refractivity contribution < 1.29 is 9.53 Å². The van der Waals surface area contributed by atoms with E-state index < -0.39 is 0 Å². The molecular formula is C14H15NO2. The predicted molar refractivity (Wildman–Crippen MR) is 65.6 cm³/mol. The summed E-state index contributed by atoms with van der Waals surface area (Å²) in [5.41, 5.74) is 5.05. The summed E-state index contributed by atoms with van der Waals surface area (Å²) in [6.07, 6.45) is 3.37. The van der Waals surface area contributed by atoms with Crippen molar-refractivity contribution in [1.82, 2.24) is 5.32 Å². The van der Waals surface area contributed by atoms with Crippen molar-refractivity contribution in [1.29, 1.82) is 0 Å². The van der Waals surface area contributed by atoms with Crippen molar-refractivity contribution in [2.24, 2.45) is 0 Å². The van der Waals surface area contributed by atoms with Gasteiger partial charge in [0, 0.05) is 12.1 Å². The molecule has 1 aromatic carbocycles. The third-order valence-corrected chi connectivity index (χ3v) is 3.54. The van der Waals surface area contributed by atoms with Gasteiger partial charge in [-0.1, -0.05) is 6.07 Å². The number of nitrogens with one attached hydrogen (secondary N) is 1. The highest BCUT2D eigenvalue weighted by atomic mass is 16.5. The first-order valence-electron chi connectivity index (χ1n) is 5.97. The van der Waals surface area contributed by atoms with E-state index in [9.17, 15) is 4.79 Å². The van der Waals surface area contributed by atoms with E-state index in [1.54, 1.807) is 7.11 Å². The second kappa shape index (κ2) is 3.91. The molecule has 1 aromatic rings. The molecule has 0 fully saturated rings. The van der Waals surface area contributed by atoms with Gasteiger partial charge in [-0.15, -0.1) is 0 Å². The Morgan fingerprint density at radius 1 is 1.18 bits per heavy atom. The van der Waals surface area contributed by atoms with Crippen LogP contribution >= 0.6 is 0 Å². The number of hydrogen-bond donors (Lipinski definition) is 1. The average Bonchev–Trinajstić information content (AvgIpc) is 2.37. The Kier molecular flexibility index (Phi) is 2.39. The maximum Gasteiger partial charge on any atom is 0.224 e. The molecule has 3 heteroatoms. The van der Waals surface area contributed by atoms with Gasteiger partial charge in [0.05, 0.1) is 7.11 Å². The number of aryl methyl sites for hydroxylation is 1. The molecule has 3 rings (SSSR count). The van der Waals surface area contributed by atoms with Crippen LogP contribution in [0.25, 0.3) is 5.57 Å². The summed E-state index contributed by atoms with van der Waals surface area (Å²) in [5, 5.41) is 3.00. The van der Waals surface area contributed by atoms with Gasteiger partial charge in [0.25, 0.3) is 0 Å². The standard InChI is InChI=1S/C14H15NO2/c1-17-10-3-4-11-9(8-10)2-6-13-12(11)5-7-14(16)15-13/h3-4,8H,2,5-7H2,1H3,(H,15,16). The molecule has 0 unspecified atom stereocenters. The van der Waals surface area contributed by atoms with Gasteiger partial charge in [0.15, 0.2) is 0 Å². The molecule has 0 aromatic heterocycles. The summed E-state index contributed by atoms with van der Waals surface area (Å²) in [5.74, 6) is 1.06.